The number of rotatable bonds is 5. The zero-order valence-electron chi connectivity index (χ0n) is 18.0. The van der Waals surface area contributed by atoms with E-state index in [2.05, 4.69) is 5.10 Å². The Kier molecular flexibility index (Phi) is 6.07. The van der Waals surface area contributed by atoms with E-state index in [0.717, 1.165) is 0 Å². The predicted octanol–water partition coefficient (Wildman–Crippen LogP) is 1.40. The fraction of sp³-hybridized carbons (Fsp3) is 0.304. The van der Waals surface area contributed by atoms with E-state index < -0.39 is 0 Å². The van der Waals surface area contributed by atoms with E-state index in [1.807, 2.05) is 6.07 Å². The summed E-state index contributed by atoms with van der Waals surface area (Å²) in [6, 6.07) is 12.2. The molecule has 0 spiro atoms. The smallest absolute Gasteiger partial charge is 0.257 e. The zero-order chi connectivity index (χ0) is 22.7. The minimum absolute atomic E-state index is 0.0288. The summed E-state index contributed by atoms with van der Waals surface area (Å²) in [5, 5.41) is 4.65. The summed E-state index contributed by atoms with van der Waals surface area (Å²) in [6.45, 7) is 1.69. The SMILES string of the molecule is COc1ccc(C(=O)N2CCN(C(=O)Cn3ncc(=O)c4ccccc43)CC2)c(OC)c1. The Balaban J connectivity index is 1.42. The lowest BCUT2D eigenvalue weighted by atomic mass is 10.1. The molecule has 32 heavy (non-hydrogen) atoms. The molecule has 1 fully saturated rings. The van der Waals surface area contributed by atoms with E-state index in [-0.39, 0.29) is 23.8 Å². The number of nitrogens with zero attached hydrogens (tertiary/aromatic N) is 4. The van der Waals surface area contributed by atoms with Crippen molar-refractivity contribution in [2.24, 2.45) is 0 Å². The monoisotopic (exact) mass is 436 g/mol. The van der Waals surface area contributed by atoms with E-state index in [9.17, 15) is 14.4 Å². The topological polar surface area (TPSA) is 94.0 Å². The number of aromatic nitrogens is 2. The Morgan fingerprint density at radius 3 is 2.41 bits per heavy atom. The van der Waals surface area contributed by atoms with Crippen LogP contribution in [0.4, 0.5) is 0 Å². The maximum atomic E-state index is 13.0. The molecule has 0 unspecified atom stereocenters. The molecule has 2 aromatic carbocycles. The molecular formula is C23H24N4O5. The first-order chi connectivity index (χ1) is 15.5. The molecule has 2 amide bonds. The summed E-state index contributed by atoms with van der Waals surface area (Å²) in [5.74, 6) is 0.798. The van der Waals surface area contributed by atoms with Crippen LogP contribution in [0.2, 0.25) is 0 Å². The zero-order valence-corrected chi connectivity index (χ0v) is 18.0. The van der Waals surface area contributed by atoms with Gasteiger partial charge in [0.05, 0.1) is 31.5 Å². The van der Waals surface area contributed by atoms with Gasteiger partial charge in [-0.15, -0.1) is 0 Å². The van der Waals surface area contributed by atoms with Gasteiger partial charge in [-0.3, -0.25) is 19.1 Å². The van der Waals surface area contributed by atoms with E-state index in [1.54, 1.807) is 58.0 Å². The molecule has 0 aliphatic carbocycles. The molecule has 1 aliphatic heterocycles. The largest absolute Gasteiger partial charge is 0.497 e. The molecule has 4 rings (SSSR count). The molecule has 9 heteroatoms. The van der Waals surface area contributed by atoms with E-state index in [1.165, 1.54) is 13.3 Å². The van der Waals surface area contributed by atoms with Crippen LogP contribution in [0.15, 0.2) is 53.5 Å². The average molecular weight is 436 g/mol. The Bertz CT molecular complexity index is 1210. The number of ether oxygens (including phenoxy) is 2. The van der Waals surface area contributed by atoms with Gasteiger partial charge in [0.2, 0.25) is 11.3 Å². The minimum atomic E-state index is -0.176. The fourth-order valence-corrected chi connectivity index (χ4v) is 3.82. The molecule has 1 aliphatic rings. The molecule has 0 bridgehead atoms. The minimum Gasteiger partial charge on any atom is -0.497 e. The highest BCUT2D eigenvalue weighted by atomic mass is 16.5. The number of piperazine rings is 1. The van der Waals surface area contributed by atoms with Gasteiger partial charge in [0.15, 0.2) is 0 Å². The number of hydrogen-bond acceptors (Lipinski definition) is 6. The van der Waals surface area contributed by atoms with Gasteiger partial charge >= 0.3 is 0 Å². The number of para-hydroxylation sites is 1. The molecule has 9 nitrogen and oxygen atoms in total. The Morgan fingerprint density at radius 2 is 1.69 bits per heavy atom. The highest BCUT2D eigenvalue weighted by molar-refractivity contribution is 5.97. The highest BCUT2D eigenvalue weighted by Gasteiger charge is 2.27. The van der Waals surface area contributed by atoms with Crippen molar-refractivity contribution in [3.8, 4) is 11.5 Å². The van der Waals surface area contributed by atoms with Crippen molar-refractivity contribution < 1.29 is 19.1 Å². The Labute approximate surface area is 184 Å². The molecule has 3 aromatic rings. The van der Waals surface area contributed by atoms with Gasteiger partial charge in [0, 0.05) is 37.6 Å². The lowest BCUT2D eigenvalue weighted by Gasteiger charge is -2.35. The lowest BCUT2D eigenvalue weighted by Crippen LogP contribution is -2.51. The number of carbonyl (C=O) groups excluding carboxylic acids is 2. The van der Waals surface area contributed by atoms with Crippen LogP contribution < -0.4 is 14.9 Å². The number of hydrogen-bond donors (Lipinski definition) is 0. The number of benzene rings is 2. The standard InChI is InChI=1S/C23H24N4O5/c1-31-16-7-8-18(21(13-16)32-2)23(30)26-11-9-25(10-12-26)22(29)15-27-19-6-4-3-5-17(19)20(28)14-24-27/h3-8,13-14H,9-12,15H2,1-2H3. The summed E-state index contributed by atoms with van der Waals surface area (Å²) < 4.78 is 12.1. The Morgan fingerprint density at radius 1 is 0.969 bits per heavy atom. The van der Waals surface area contributed by atoms with Crippen LogP contribution >= 0.6 is 0 Å². The van der Waals surface area contributed by atoms with Crippen LogP contribution in [0.5, 0.6) is 11.5 Å². The summed E-state index contributed by atoms with van der Waals surface area (Å²) in [6.07, 6.45) is 1.23. The quantitative estimate of drug-likeness (QED) is 0.600. The van der Waals surface area contributed by atoms with Crippen LogP contribution in [0.3, 0.4) is 0 Å². The molecule has 0 atom stereocenters. The second-order valence-corrected chi connectivity index (χ2v) is 7.42. The van der Waals surface area contributed by atoms with Gasteiger partial charge in [0.25, 0.3) is 5.91 Å². The number of methoxy groups -OCH3 is 2. The summed E-state index contributed by atoms with van der Waals surface area (Å²) in [4.78, 5) is 41.3. The first-order valence-corrected chi connectivity index (χ1v) is 10.3. The first-order valence-electron chi connectivity index (χ1n) is 10.3. The van der Waals surface area contributed by atoms with Crippen molar-refractivity contribution in [3.63, 3.8) is 0 Å². The van der Waals surface area contributed by atoms with Gasteiger partial charge in [-0.05, 0) is 24.3 Å². The summed E-state index contributed by atoms with van der Waals surface area (Å²) >= 11 is 0. The van der Waals surface area contributed by atoms with Crippen molar-refractivity contribution in [3.05, 3.63) is 64.4 Å². The maximum absolute atomic E-state index is 13.0. The molecule has 0 saturated carbocycles. The van der Waals surface area contributed by atoms with E-state index in [4.69, 9.17) is 9.47 Å². The second-order valence-electron chi connectivity index (χ2n) is 7.42. The van der Waals surface area contributed by atoms with Gasteiger partial charge in [-0.2, -0.15) is 5.10 Å². The predicted molar refractivity (Wildman–Crippen MR) is 118 cm³/mol. The Hall–Kier alpha value is -3.88. The van der Waals surface area contributed by atoms with Crippen molar-refractivity contribution in [1.82, 2.24) is 19.6 Å². The molecule has 166 valence electrons. The van der Waals surface area contributed by atoms with Gasteiger partial charge < -0.3 is 19.3 Å². The summed E-state index contributed by atoms with van der Waals surface area (Å²) in [7, 11) is 3.06. The van der Waals surface area contributed by atoms with E-state index >= 15 is 0 Å². The second kappa shape index (κ2) is 9.09. The van der Waals surface area contributed by atoms with Crippen LogP contribution in [0.1, 0.15) is 10.4 Å². The third-order valence-electron chi connectivity index (χ3n) is 5.61. The van der Waals surface area contributed by atoms with Crippen LogP contribution in [-0.4, -0.2) is 71.8 Å². The molecule has 1 saturated heterocycles. The normalized spacial score (nSPS) is 13.8. The summed E-state index contributed by atoms with van der Waals surface area (Å²) in [5.41, 5.74) is 0.899. The average Bonchev–Trinajstić information content (AvgIpc) is 2.85. The van der Waals surface area contributed by atoms with Crippen molar-refractivity contribution in [2.45, 2.75) is 6.54 Å². The molecular weight excluding hydrogens is 412 g/mol. The fourth-order valence-electron chi connectivity index (χ4n) is 3.82. The lowest BCUT2D eigenvalue weighted by molar-refractivity contribution is -0.133. The van der Waals surface area contributed by atoms with Crippen molar-refractivity contribution >= 4 is 22.7 Å². The molecule has 1 aromatic heterocycles. The third-order valence-corrected chi connectivity index (χ3v) is 5.61. The van der Waals surface area contributed by atoms with Gasteiger partial charge in [-0.1, -0.05) is 12.1 Å². The first kappa shape index (κ1) is 21.4. The van der Waals surface area contributed by atoms with Crippen LogP contribution in [0.25, 0.3) is 10.9 Å². The van der Waals surface area contributed by atoms with Gasteiger partial charge in [0.1, 0.15) is 18.0 Å². The van der Waals surface area contributed by atoms with Crippen LogP contribution in [-0.2, 0) is 11.3 Å². The van der Waals surface area contributed by atoms with E-state index in [0.29, 0.717) is 54.1 Å². The highest BCUT2D eigenvalue weighted by Crippen LogP contribution is 2.26. The van der Waals surface area contributed by atoms with Gasteiger partial charge in [-0.25, -0.2) is 0 Å². The van der Waals surface area contributed by atoms with Crippen LogP contribution in [0, 0.1) is 0 Å². The number of fused-ring (bicyclic) bond motifs is 1. The third kappa shape index (κ3) is 4.14. The maximum Gasteiger partial charge on any atom is 0.257 e. The molecule has 0 N–H and O–H groups in total. The molecule has 2 heterocycles. The van der Waals surface area contributed by atoms with Crippen molar-refractivity contribution in [2.75, 3.05) is 40.4 Å². The number of carbonyl (C=O) groups is 2. The number of amides is 2. The molecule has 0 radical (unpaired) electrons. The van der Waals surface area contributed by atoms with Crippen molar-refractivity contribution in [1.29, 1.82) is 0 Å².